The summed E-state index contributed by atoms with van der Waals surface area (Å²) in [6.45, 7) is 0. The lowest BCUT2D eigenvalue weighted by Gasteiger charge is -2.30. The van der Waals surface area contributed by atoms with E-state index in [2.05, 4.69) is 0 Å². The van der Waals surface area contributed by atoms with E-state index in [-0.39, 0.29) is 23.0 Å². The smallest absolute Gasteiger partial charge is 0.206 e. The fraction of sp³-hybridized carbons (Fsp3) is 0.125. The molecule has 0 saturated carbocycles. The largest absolute Gasteiger partial charge is 0.361 e. The highest BCUT2D eigenvalue weighted by molar-refractivity contribution is 5.92. The molecule has 2 N–H and O–H groups in total. The Kier molecular flexibility index (Phi) is 4.25. The molecule has 6 nitrogen and oxygen atoms in total. The Morgan fingerprint density at radius 1 is 0.909 bits per heavy atom. The average molecular weight is 300 g/mol. The van der Waals surface area contributed by atoms with E-state index in [1.165, 1.54) is 30.4 Å². The standard InChI is InChI=1S/C16H12O6/c17-6-10-1-11(7-18)3-12(2-10)13-4-14(8-19)16(21,22)15(5-13)9-20/h1-9,14,21-22H. The van der Waals surface area contributed by atoms with Crippen LogP contribution >= 0.6 is 0 Å². The zero-order valence-electron chi connectivity index (χ0n) is 11.3. The highest BCUT2D eigenvalue weighted by atomic mass is 16.5. The van der Waals surface area contributed by atoms with Gasteiger partial charge in [0.05, 0.1) is 11.5 Å². The van der Waals surface area contributed by atoms with Crippen molar-refractivity contribution in [3.8, 4) is 0 Å². The van der Waals surface area contributed by atoms with E-state index in [9.17, 15) is 29.4 Å². The van der Waals surface area contributed by atoms with E-state index >= 15 is 0 Å². The van der Waals surface area contributed by atoms with Crippen LogP contribution in [-0.2, 0) is 9.59 Å². The average Bonchev–Trinajstić information content (AvgIpc) is 2.53. The van der Waals surface area contributed by atoms with E-state index in [1.807, 2.05) is 0 Å². The summed E-state index contributed by atoms with van der Waals surface area (Å²) in [4.78, 5) is 43.9. The summed E-state index contributed by atoms with van der Waals surface area (Å²) in [5.41, 5.74) is 0.854. The molecule has 1 aromatic rings. The van der Waals surface area contributed by atoms with E-state index in [1.54, 1.807) is 0 Å². The molecule has 0 aliphatic heterocycles. The minimum Gasteiger partial charge on any atom is -0.361 e. The number of aliphatic hydroxyl groups is 2. The summed E-state index contributed by atoms with van der Waals surface area (Å²) in [6, 6.07) is 4.32. The van der Waals surface area contributed by atoms with Crippen LogP contribution in [0.5, 0.6) is 0 Å². The maximum absolute atomic E-state index is 11.0. The normalized spacial score (nSPS) is 19.6. The van der Waals surface area contributed by atoms with E-state index in [4.69, 9.17) is 0 Å². The molecule has 0 fully saturated rings. The molecule has 1 aliphatic rings. The molecule has 0 heterocycles. The number of carbonyl (C=O) groups excluding carboxylic acids is 4. The van der Waals surface area contributed by atoms with Gasteiger partial charge in [0.25, 0.3) is 0 Å². The second-order valence-electron chi connectivity index (χ2n) is 4.85. The van der Waals surface area contributed by atoms with Gasteiger partial charge in [0.2, 0.25) is 5.79 Å². The van der Waals surface area contributed by atoms with Crippen LogP contribution in [0.25, 0.3) is 5.57 Å². The third kappa shape index (κ3) is 2.69. The molecule has 1 aliphatic carbocycles. The summed E-state index contributed by atoms with van der Waals surface area (Å²) in [6.07, 6.45) is 4.13. The number of benzene rings is 1. The molecule has 2 rings (SSSR count). The predicted octanol–water partition coefficient (Wildman–Crippen LogP) is 0.330. The molecule has 112 valence electrons. The lowest BCUT2D eigenvalue weighted by atomic mass is 9.83. The predicted molar refractivity (Wildman–Crippen MR) is 76.1 cm³/mol. The highest BCUT2D eigenvalue weighted by Gasteiger charge is 2.40. The maximum atomic E-state index is 11.0. The Morgan fingerprint density at radius 2 is 1.50 bits per heavy atom. The minimum atomic E-state index is -2.58. The van der Waals surface area contributed by atoms with Crippen molar-refractivity contribution in [1.82, 2.24) is 0 Å². The van der Waals surface area contributed by atoms with Gasteiger partial charge in [0.15, 0.2) is 6.29 Å². The third-order valence-corrected chi connectivity index (χ3v) is 3.42. The molecule has 0 saturated heterocycles. The summed E-state index contributed by atoms with van der Waals surface area (Å²) < 4.78 is 0. The van der Waals surface area contributed by atoms with Crippen molar-refractivity contribution in [2.75, 3.05) is 0 Å². The van der Waals surface area contributed by atoms with Crippen LogP contribution in [0, 0.1) is 5.92 Å². The fourth-order valence-corrected chi connectivity index (χ4v) is 2.24. The van der Waals surface area contributed by atoms with E-state index < -0.39 is 11.7 Å². The molecule has 1 aromatic carbocycles. The topological polar surface area (TPSA) is 109 Å². The SMILES string of the molecule is O=CC1=CC(c2cc(C=O)cc(C=O)c2)=CC(C=O)C1(O)O. The number of allylic oxidation sites excluding steroid dienone is 2. The molecule has 0 amide bonds. The van der Waals surface area contributed by atoms with Gasteiger partial charge in [0, 0.05) is 11.1 Å². The van der Waals surface area contributed by atoms with Gasteiger partial charge in [-0.3, -0.25) is 14.4 Å². The van der Waals surface area contributed by atoms with Gasteiger partial charge in [-0.1, -0.05) is 6.08 Å². The van der Waals surface area contributed by atoms with Crippen LogP contribution in [0.4, 0.5) is 0 Å². The first-order chi connectivity index (χ1) is 10.5. The van der Waals surface area contributed by atoms with E-state index in [0.29, 0.717) is 30.0 Å². The third-order valence-electron chi connectivity index (χ3n) is 3.42. The first-order valence-corrected chi connectivity index (χ1v) is 6.31. The minimum absolute atomic E-state index is 0.244. The van der Waals surface area contributed by atoms with Crippen molar-refractivity contribution in [2.45, 2.75) is 5.79 Å². The zero-order valence-corrected chi connectivity index (χ0v) is 11.3. The second kappa shape index (κ2) is 5.97. The number of hydrogen-bond acceptors (Lipinski definition) is 6. The molecule has 0 bridgehead atoms. The molecule has 0 spiro atoms. The monoisotopic (exact) mass is 300 g/mol. The van der Waals surface area contributed by atoms with Crippen LogP contribution in [0.3, 0.4) is 0 Å². The summed E-state index contributed by atoms with van der Waals surface area (Å²) in [5.74, 6) is -3.92. The summed E-state index contributed by atoms with van der Waals surface area (Å²) in [5, 5.41) is 19.7. The van der Waals surface area contributed by atoms with E-state index in [0.717, 1.165) is 0 Å². The molecule has 1 atom stereocenters. The number of rotatable bonds is 5. The molecule has 0 aromatic heterocycles. The van der Waals surface area contributed by atoms with Crippen LogP contribution in [0.15, 0.2) is 35.9 Å². The first-order valence-electron chi connectivity index (χ1n) is 6.31. The van der Waals surface area contributed by atoms with Gasteiger partial charge in [0.1, 0.15) is 18.9 Å². The number of hydrogen-bond donors (Lipinski definition) is 2. The van der Waals surface area contributed by atoms with Gasteiger partial charge in [-0.15, -0.1) is 0 Å². The van der Waals surface area contributed by atoms with Crippen LogP contribution < -0.4 is 0 Å². The molecular formula is C16H12O6. The molecule has 22 heavy (non-hydrogen) atoms. The van der Waals surface area contributed by atoms with Crippen molar-refractivity contribution in [3.63, 3.8) is 0 Å². The van der Waals surface area contributed by atoms with Crippen molar-refractivity contribution in [2.24, 2.45) is 5.92 Å². The van der Waals surface area contributed by atoms with Gasteiger partial charge in [-0.2, -0.15) is 0 Å². The van der Waals surface area contributed by atoms with Crippen LogP contribution in [0.2, 0.25) is 0 Å². The van der Waals surface area contributed by atoms with Gasteiger partial charge in [-0.05, 0) is 35.4 Å². The second-order valence-corrected chi connectivity index (χ2v) is 4.85. The van der Waals surface area contributed by atoms with Gasteiger partial charge in [-0.25, -0.2) is 0 Å². The Balaban J connectivity index is 2.61. The van der Waals surface area contributed by atoms with Crippen molar-refractivity contribution in [1.29, 1.82) is 0 Å². The zero-order chi connectivity index (χ0) is 16.3. The van der Waals surface area contributed by atoms with Crippen LogP contribution in [0.1, 0.15) is 26.3 Å². The lowest BCUT2D eigenvalue weighted by molar-refractivity contribution is -0.162. The maximum Gasteiger partial charge on any atom is 0.206 e. The van der Waals surface area contributed by atoms with Crippen LogP contribution in [-0.4, -0.2) is 41.1 Å². The fourth-order valence-electron chi connectivity index (χ4n) is 2.24. The van der Waals surface area contributed by atoms with Gasteiger partial charge < -0.3 is 15.0 Å². The summed E-state index contributed by atoms with van der Waals surface area (Å²) >= 11 is 0. The van der Waals surface area contributed by atoms with Gasteiger partial charge >= 0.3 is 0 Å². The number of aldehydes is 4. The Morgan fingerprint density at radius 3 is 1.95 bits per heavy atom. The number of carbonyl (C=O) groups is 4. The van der Waals surface area contributed by atoms with Crippen molar-refractivity contribution < 1.29 is 29.4 Å². The Labute approximate surface area is 125 Å². The molecule has 6 heteroatoms. The molecular weight excluding hydrogens is 288 g/mol. The quantitative estimate of drug-likeness (QED) is 0.599. The lowest BCUT2D eigenvalue weighted by Crippen LogP contribution is -2.42. The molecule has 1 unspecified atom stereocenters. The van der Waals surface area contributed by atoms with Crippen molar-refractivity contribution in [3.05, 3.63) is 52.6 Å². The first kappa shape index (κ1) is 15.7. The Hall–Kier alpha value is -2.70. The van der Waals surface area contributed by atoms with Crippen molar-refractivity contribution >= 4 is 30.7 Å². The summed E-state index contributed by atoms with van der Waals surface area (Å²) in [7, 11) is 0. The highest BCUT2D eigenvalue weighted by Crippen LogP contribution is 2.33. The Bertz CT molecular complexity index is 685. The molecule has 0 radical (unpaired) electrons.